The average Bonchev–Trinajstić information content (AvgIpc) is 3.06. The lowest BCUT2D eigenvalue weighted by molar-refractivity contribution is -0.144. The number of carbonyl (C=O) groups excluding carboxylic acids is 2. The first-order valence-electron chi connectivity index (χ1n) is 8.79. The molecule has 1 saturated carbocycles. The minimum Gasteiger partial charge on any atom is -0.334 e. The summed E-state index contributed by atoms with van der Waals surface area (Å²) in [6, 6.07) is 10.4. The number of benzene rings is 1. The summed E-state index contributed by atoms with van der Waals surface area (Å²) in [5.41, 5.74) is 1.39. The second-order valence-corrected chi connectivity index (χ2v) is 7.44. The molecule has 0 unspecified atom stereocenters. The van der Waals surface area contributed by atoms with Gasteiger partial charge in [-0.25, -0.2) is 0 Å². The van der Waals surface area contributed by atoms with Gasteiger partial charge in [0.15, 0.2) is 0 Å². The molecule has 4 heteroatoms. The molecule has 1 atom stereocenters. The van der Waals surface area contributed by atoms with E-state index in [0.29, 0.717) is 6.42 Å². The number of likely N-dealkylation sites (tertiary alicyclic amines) is 2. The van der Waals surface area contributed by atoms with E-state index in [9.17, 15) is 9.59 Å². The summed E-state index contributed by atoms with van der Waals surface area (Å²) in [4.78, 5) is 28.7. The van der Waals surface area contributed by atoms with Gasteiger partial charge in [0.05, 0.1) is 12.6 Å². The van der Waals surface area contributed by atoms with Gasteiger partial charge in [-0.1, -0.05) is 43.2 Å². The Labute approximate surface area is 137 Å². The molecule has 4 nitrogen and oxygen atoms in total. The number of nitrogens with zero attached hydrogens (tertiary/aromatic N) is 2. The van der Waals surface area contributed by atoms with Gasteiger partial charge in [-0.3, -0.25) is 9.59 Å². The molecule has 2 heterocycles. The molecule has 0 N–H and O–H groups in total. The van der Waals surface area contributed by atoms with Crippen molar-refractivity contribution < 1.29 is 9.59 Å². The van der Waals surface area contributed by atoms with Crippen LogP contribution in [-0.2, 0) is 9.59 Å². The Kier molecular flexibility index (Phi) is 3.63. The maximum absolute atomic E-state index is 12.6. The maximum Gasteiger partial charge on any atom is 0.242 e. The third-order valence-corrected chi connectivity index (χ3v) is 5.92. The lowest BCUT2D eigenvalue weighted by Gasteiger charge is -2.42. The third-order valence-electron chi connectivity index (χ3n) is 5.92. The molecule has 2 aliphatic heterocycles. The molecular formula is C19H24N2O2. The predicted molar refractivity (Wildman–Crippen MR) is 87.6 cm³/mol. The molecule has 0 aromatic heterocycles. The molecule has 1 aliphatic carbocycles. The van der Waals surface area contributed by atoms with Gasteiger partial charge in [0, 0.05) is 19.5 Å². The molecule has 1 aromatic rings. The third kappa shape index (κ3) is 2.64. The van der Waals surface area contributed by atoms with Gasteiger partial charge in [-0.15, -0.1) is 0 Å². The molecule has 1 spiro atoms. The van der Waals surface area contributed by atoms with E-state index in [0.717, 1.165) is 32.4 Å². The quantitative estimate of drug-likeness (QED) is 0.861. The van der Waals surface area contributed by atoms with Crippen molar-refractivity contribution in [2.75, 3.05) is 19.6 Å². The van der Waals surface area contributed by atoms with Gasteiger partial charge in [0.1, 0.15) is 0 Å². The molecule has 1 aromatic carbocycles. The van der Waals surface area contributed by atoms with Crippen molar-refractivity contribution in [2.45, 2.75) is 44.6 Å². The van der Waals surface area contributed by atoms with E-state index in [1.165, 1.54) is 18.4 Å². The van der Waals surface area contributed by atoms with Crippen LogP contribution in [-0.4, -0.2) is 41.2 Å². The van der Waals surface area contributed by atoms with Crippen molar-refractivity contribution in [1.29, 1.82) is 0 Å². The van der Waals surface area contributed by atoms with Crippen LogP contribution >= 0.6 is 0 Å². The monoisotopic (exact) mass is 312 g/mol. The lowest BCUT2D eigenvalue weighted by Crippen LogP contribution is -2.49. The van der Waals surface area contributed by atoms with Crippen LogP contribution in [0, 0.1) is 5.41 Å². The van der Waals surface area contributed by atoms with Crippen LogP contribution in [0.1, 0.15) is 50.1 Å². The fraction of sp³-hybridized carbons (Fsp3) is 0.579. The van der Waals surface area contributed by atoms with E-state index >= 15 is 0 Å². The summed E-state index contributed by atoms with van der Waals surface area (Å²) >= 11 is 0. The average molecular weight is 312 g/mol. The second-order valence-electron chi connectivity index (χ2n) is 7.44. The molecule has 2 amide bonds. The molecule has 0 bridgehead atoms. The van der Waals surface area contributed by atoms with Gasteiger partial charge >= 0.3 is 0 Å². The second kappa shape index (κ2) is 5.66. The van der Waals surface area contributed by atoms with Crippen molar-refractivity contribution in [3.63, 3.8) is 0 Å². The Morgan fingerprint density at radius 1 is 1.17 bits per heavy atom. The van der Waals surface area contributed by atoms with Crippen molar-refractivity contribution >= 4 is 11.8 Å². The van der Waals surface area contributed by atoms with Crippen LogP contribution < -0.4 is 0 Å². The van der Waals surface area contributed by atoms with Crippen molar-refractivity contribution in [1.82, 2.24) is 9.80 Å². The molecule has 122 valence electrons. The van der Waals surface area contributed by atoms with E-state index in [4.69, 9.17) is 0 Å². The molecular weight excluding hydrogens is 288 g/mol. The molecule has 0 radical (unpaired) electrons. The van der Waals surface area contributed by atoms with E-state index in [-0.39, 0.29) is 29.8 Å². The summed E-state index contributed by atoms with van der Waals surface area (Å²) < 4.78 is 0. The SMILES string of the molecule is O=C1CC2(CCCC2)CN1CC(=O)N1CC[C@H]1c1ccccc1. The molecule has 2 saturated heterocycles. The smallest absolute Gasteiger partial charge is 0.242 e. The molecule has 3 fully saturated rings. The zero-order chi connectivity index (χ0) is 15.9. The highest BCUT2D eigenvalue weighted by Gasteiger charge is 2.45. The highest BCUT2D eigenvalue weighted by molar-refractivity contribution is 5.87. The first-order valence-corrected chi connectivity index (χ1v) is 8.79. The molecule has 3 aliphatic rings. The van der Waals surface area contributed by atoms with E-state index in [2.05, 4.69) is 12.1 Å². The Balaban J connectivity index is 1.39. The minimum atomic E-state index is 0.105. The Morgan fingerprint density at radius 2 is 1.91 bits per heavy atom. The lowest BCUT2D eigenvalue weighted by atomic mass is 9.85. The fourth-order valence-electron chi connectivity index (χ4n) is 4.55. The van der Waals surface area contributed by atoms with Gasteiger partial charge in [0.25, 0.3) is 0 Å². The fourth-order valence-corrected chi connectivity index (χ4v) is 4.55. The maximum atomic E-state index is 12.6. The van der Waals surface area contributed by atoms with Crippen molar-refractivity contribution in [3.8, 4) is 0 Å². The van der Waals surface area contributed by atoms with E-state index in [1.54, 1.807) is 0 Å². The summed E-state index contributed by atoms with van der Waals surface area (Å²) in [7, 11) is 0. The number of amides is 2. The Morgan fingerprint density at radius 3 is 2.57 bits per heavy atom. The van der Waals surface area contributed by atoms with E-state index in [1.807, 2.05) is 28.0 Å². The van der Waals surface area contributed by atoms with E-state index < -0.39 is 0 Å². The first kappa shape index (κ1) is 14.7. The minimum absolute atomic E-state index is 0.105. The number of hydrogen-bond donors (Lipinski definition) is 0. The number of rotatable bonds is 3. The summed E-state index contributed by atoms with van der Waals surface area (Å²) in [5.74, 6) is 0.283. The Hall–Kier alpha value is -1.84. The Bertz CT molecular complexity index is 607. The van der Waals surface area contributed by atoms with Crippen molar-refractivity contribution in [3.05, 3.63) is 35.9 Å². The molecule has 4 rings (SSSR count). The predicted octanol–water partition coefficient (Wildman–Crippen LogP) is 2.75. The van der Waals surface area contributed by atoms with Gasteiger partial charge in [-0.2, -0.15) is 0 Å². The summed E-state index contributed by atoms with van der Waals surface area (Å²) in [6.07, 6.45) is 6.45. The largest absolute Gasteiger partial charge is 0.334 e. The number of carbonyl (C=O) groups is 2. The zero-order valence-electron chi connectivity index (χ0n) is 13.5. The van der Waals surface area contributed by atoms with Crippen LogP contribution in [0.2, 0.25) is 0 Å². The standard InChI is InChI=1S/C19H24N2O2/c22-17-12-19(9-4-5-10-19)14-20(17)13-18(23)21-11-8-16(21)15-6-2-1-3-7-15/h1-3,6-7,16H,4-5,8-14H2/t16-/m0/s1. The normalized spacial score (nSPS) is 25.9. The van der Waals surface area contributed by atoms with Crippen LogP contribution in [0.15, 0.2) is 30.3 Å². The van der Waals surface area contributed by atoms with Crippen LogP contribution in [0.5, 0.6) is 0 Å². The van der Waals surface area contributed by atoms with Crippen LogP contribution in [0.25, 0.3) is 0 Å². The summed E-state index contributed by atoms with van der Waals surface area (Å²) in [5, 5.41) is 0. The summed E-state index contributed by atoms with van der Waals surface area (Å²) in [6.45, 7) is 1.87. The van der Waals surface area contributed by atoms with Crippen LogP contribution in [0.3, 0.4) is 0 Å². The van der Waals surface area contributed by atoms with Gasteiger partial charge in [0.2, 0.25) is 11.8 Å². The first-order chi connectivity index (χ1) is 11.2. The van der Waals surface area contributed by atoms with Crippen molar-refractivity contribution in [2.24, 2.45) is 5.41 Å². The highest BCUT2D eigenvalue weighted by atomic mass is 16.2. The highest BCUT2D eigenvalue weighted by Crippen LogP contribution is 2.45. The van der Waals surface area contributed by atoms with Gasteiger partial charge in [-0.05, 0) is 30.2 Å². The van der Waals surface area contributed by atoms with Crippen LogP contribution in [0.4, 0.5) is 0 Å². The van der Waals surface area contributed by atoms with Gasteiger partial charge < -0.3 is 9.80 Å². The zero-order valence-corrected chi connectivity index (χ0v) is 13.5. The molecule has 23 heavy (non-hydrogen) atoms. The number of hydrogen-bond acceptors (Lipinski definition) is 2. The topological polar surface area (TPSA) is 40.6 Å².